The number of carbonyl (C=O) groups excluding carboxylic acids is 2. The molecule has 196 valence electrons. The van der Waals surface area contributed by atoms with Gasteiger partial charge in [0.1, 0.15) is 0 Å². The van der Waals surface area contributed by atoms with Crippen molar-refractivity contribution in [3.05, 3.63) is 88.4 Å². The van der Waals surface area contributed by atoms with Crippen molar-refractivity contribution in [1.29, 1.82) is 0 Å². The predicted molar refractivity (Wildman–Crippen MR) is 158 cm³/mol. The molecule has 0 aliphatic heterocycles. The van der Waals surface area contributed by atoms with Gasteiger partial charge in [-0.15, -0.1) is 0 Å². The summed E-state index contributed by atoms with van der Waals surface area (Å²) in [6, 6.07) is 24.4. The van der Waals surface area contributed by atoms with Gasteiger partial charge in [-0.25, -0.2) is 0 Å². The summed E-state index contributed by atoms with van der Waals surface area (Å²) in [6.45, 7) is 12.5. The molecule has 0 aromatic heterocycles. The summed E-state index contributed by atoms with van der Waals surface area (Å²) < 4.78 is 7.68. The van der Waals surface area contributed by atoms with Crippen LogP contribution in [0.15, 0.2) is 77.3 Å². The lowest BCUT2D eigenvalue weighted by atomic mass is 9.93. The first-order valence-electron chi connectivity index (χ1n) is 12.4. The van der Waals surface area contributed by atoms with Crippen molar-refractivity contribution in [3.63, 3.8) is 0 Å². The molecular formula is C30H37BrN2O3Si. The van der Waals surface area contributed by atoms with Gasteiger partial charge in [-0.05, 0) is 69.8 Å². The zero-order valence-corrected chi connectivity index (χ0v) is 25.3. The number of carbonyl (C=O) groups is 2. The first-order valence-corrected chi connectivity index (χ1v) is 15.1. The van der Waals surface area contributed by atoms with Crippen molar-refractivity contribution in [2.24, 2.45) is 5.41 Å². The third-order valence-corrected chi connectivity index (χ3v) is 12.2. The summed E-state index contributed by atoms with van der Waals surface area (Å²) in [5, 5.41) is 7.78. The van der Waals surface area contributed by atoms with E-state index in [0.717, 1.165) is 15.9 Å². The Kier molecular flexibility index (Phi) is 8.83. The topological polar surface area (TPSA) is 67.4 Å². The minimum Gasteiger partial charge on any atom is -0.406 e. The number of benzene rings is 3. The molecular weight excluding hydrogens is 544 g/mol. The maximum Gasteiger partial charge on any atom is 0.261 e. The van der Waals surface area contributed by atoms with Crippen LogP contribution >= 0.6 is 15.9 Å². The molecule has 0 saturated carbocycles. The zero-order chi connectivity index (χ0) is 27.4. The number of anilines is 1. The fourth-order valence-corrected chi connectivity index (χ4v) is 9.99. The van der Waals surface area contributed by atoms with E-state index in [1.807, 2.05) is 63.2 Å². The largest absolute Gasteiger partial charge is 0.406 e. The number of rotatable bonds is 8. The van der Waals surface area contributed by atoms with Gasteiger partial charge in [-0.1, -0.05) is 81.4 Å². The highest BCUT2D eigenvalue weighted by Gasteiger charge is 2.51. The lowest BCUT2D eigenvalue weighted by Crippen LogP contribution is -2.67. The van der Waals surface area contributed by atoms with E-state index in [2.05, 4.69) is 71.6 Å². The van der Waals surface area contributed by atoms with Gasteiger partial charge in [0.2, 0.25) is 5.91 Å². The predicted octanol–water partition coefficient (Wildman–Crippen LogP) is 5.66. The van der Waals surface area contributed by atoms with E-state index in [9.17, 15) is 9.59 Å². The molecule has 2 amide bonds. The minimum absolute atomic E-state index is 0.200. The van der Waals surface area contributed by atoms with Crippen LogP contribution in [0, 0.1) is 12.3 Å². The van der Waals surface area contributed by atoms with Crippen molar-refractivity contribution in [1.82, 2.24) is 5.32 Å². The van der Waals surface area contributed by atoms with Crippen molar-refractivity contribution in [3.8, 4) is 0 Å². The third-order valence-electron chi connectivity index (χ3n) is 6.63. The van der Waals surface area contributed by atoms with Gasteiger partial charge in [0.15, 0.2) is 0 Å². The average Bonchev–Trinajstić information content (AvgIpc) is 2.85. The molecule has 0 fully saturated rings. The summed E-state index contributed by atoms with van der Waals surface area (Å²) in [7, 11) is -1.23. The van der Waals surface area contributed by atoms with Gasteiger partial charge in [0.05, 0.1) is 16.7 Å². The standard InChI is InChI=1S/C30H37BrN2O3Si/c1-21-18-24(27(34)32-7)26(25(31)19-21)33-28(35)30(5,6)20-36-37(29(2,3)4,22-14-10-8-11-15-22)23-16-12-9-13-17-23/h8-19H,20H2,1-7H3,(H,32,34)(H,33,35). The summed E-state index contributed by atoms with van der Waals surface area (Å²) >= 11 is 3.53. The van der Waals surface area contributed by atoms with E-state index < -0.39 is 13.7 Å². The van der Waals surface area contributed by atoms with Crippen molar-refractivity contribution >= 4 is 52.1 Å². The molecule has 0 atom stereocenters. The van der Waals surface area contributed by atoms with Gasteiger partial charge in [0.25, 0.3) is 14.2 Å². The van der Waals surface area contributed by atoms with Crippen molar-refractivity contribution < 1.29 is 14.0 Å². The molecule has 2 N–H and O–H groups in total. The summed E-state index contributed by atoms with van der Waals surface area (Å²) in [5.74, 6) is -0.485. The molecule has 0 unspecified atom stereocenters. The van der Waals surface area contributed by atoms with Crippen LogP contribution in [0.3, 0.4) is 0 Å². The number of halogens is 1. The Hall–Kier alpha value is -2.74. The molecule has 3 aromatic carbocycles. The fraction of sp³-hybridized carbons (Fsp3) is 0.333. The molecule has 0 radical (unpaired) electrons. The van der Waals surface area contributed by atoms with E-state index in [1.54, 1.807) is 13.1 Å². The van der Waals surface area contributed by atoms with Crippen LogP contribution in [0.5, 0.6) is 0 Å². The maximum absolute atomic E-state index is 13.6. The first kappa shape index (κ1) is 28.8. The second-order valence-electron chi connectivity index (χ2n) is 11.0. The smallest absolute Gasteiger partial charge is 0.261 e. The van der Waals surface area contributed by atoms with Crippen molar-refractivity contribution in [2.45, 2.75) is 46.6 Å². The highest BCUT2D eigenvalue weighted by molar-refractivity contribution is 9.10. The number of aryl methyl sites for hydroxylation is 1. The Labute approximate surface area is 230 Å². The fourth-order valence-electron chi connectivity index (χ4n) is 4.58. The van der Waals surface area contributed by atoms with Gasteiger partial charge in [-0.3, -0.25) is 9.59 Å². The van der Waals surface area contributed by atoms with E-state index in [0.29, 0.717) is 15.7 Å². The molecule has 0 saturated heterocycles. The highest BCUT2D eigenvalue weighted by atomic mass is 79.9. The molecule has 7 heteroatoms. The van der Waals surface area contributed by atoms with Crippen LogP contribution in [0.1, 0.15) is 50.5 Å². The third kappa shape index (κ3) is 6.05. The highest BCUT2D eigenvalue weighted by Crippen LogP contribution is 2.38. The van der Waals surface area contributed by atoms with Gasteiger partial charge in [0, 0.05) is 18.1 Å². The van der Waals surface area contributed by atoms with E-state index in [-0.39, 0.29) is 23.5 Å². The van der Waals surface area contributed by atoms with Crippen LogP contribution in [0.2, 0.25) is 5.04 Å². The Bertz CT molecular complexity index is 1220. The average molecular weight is 582 g/mol. The molecule has 0 spiro atoms. The van der Waals surface area contributed by atoms with Crippen LogP contribution in [-0.4, -0.2) is 33.8 Å². The number of hydrogen-bond acceptors (Lipinski definition) is 3. The molecule has 0 aliphatic rings. The second-order valence-corrected chi connectivity index (χ2v) is 16.2. The number of hydrogen-bond donors (Lipinski definition) is 2. The molecule has 0 heterocycles. The molecule has 3 rings (SSSR count). The normalized spacial score (nSPS) is 12.2. The SMILES string of the molecule is CNC(=O)c1cc(C)cc(Br)c1NC(=O)C(C)(C)CO[Si](c1ccccc1)(c1ccccc1)C(C)(C)C. The lowest BCUT2D eigenvalue weighted by Gasteiger charge is -2.44. The Balaban J connectivity index is 1.99. The summed E-state index contributed by atoms with van der Waals surface area (Å²) in [5.41, 5.74) is 0.898. The zero-order valence-electron chi connectivity index (χ0n) is 22.7. The monoisotopic (exact) mass is 580 g/mol. The van der Waals surface area contributed by atoms with Gasteiger partial charge < -0.3 is 15.1 Å². The van der Waals surface area contributed by atoms with E-state index in [1.165, 1.54) is 0 Å². The van der Waals surface area contributed by atoms with E-state index in [4.69, 9.17) is 4.43 Å². The summed E-state index contributed by atoms with van der Waals surface area (Å²) in [4.78, 5) is 26.2. The molecule has 5 nitrogen and oxygen atoms in total. The minimum atomic E-state index is -2.80. The lowest BCUT2D eigenvalue weighted by molar-refractivity contribution is -0.125. The van der Waals surface area contributed by atoms with Crippen LogP contribution in [0.25, 0.3) is 0 Å². The van der Waals surface area contributed by atoms with E-state index >= 15 is 0 Å². The second kappa shape index (κ2) is 11.3. The van der Waals surface area contributed by atoms with Gasteiger partial charge in [-0.2, -0.15) is 0 Å². The quantitative estimate of drug-likeness (QED) is 0.338. The Morgan fingerprint density at radius 2 is 1.41 bits per heavy atom. The van der Waals surface area contributed by atoms with Crippen LogP contribution in [0.4, 0.5) is 5.69 Å². The Morgan fingerprint density at radius 3 is 1.86 bits per heavy atom. The van der Waals surface area contributed by atoms with Crippen molar-refractivity contribution in [2.75, 3.05) is 19.0 Å². The van der Waals surface area contributed by atoms with Gasteiger partial charge >= 0.3 is 0 Å². The first-order chi connectivity index (χ1) is 17.3. The molecule has 0 bridgehead atoms. The van der Waals surface area contributed by atoms with Crippen LogP contribution < -0.4 is 21.0 Å². The maximum atomic E-state index is 13.6. The molecule has 3 aromatic rings. The number of amides is 2. The Morgan fingerprint density at radius 1 is 0.892 bits per heavy atom. The summed E-state index contributed by atoms with van der Waals surface area (Å²) in [6.07, 6.45) is 0. The molecule has 37 heavy (non-hydrogen) atoms. The molecule has 0 aliphatic carbocycles. The number of nitrogens with one attached hydrogen (secondary N) is 2. The van der Waals surface area contributed by atoms with Crippen LogP contribution in [-0.2, 0) is 9.22 Å².